The Hall–Kier alpha value is -4.59. The van der Waals surface area contributed by atoms with E-state index in [1.54, 1.807) is 42.5 Å². The van der Waals surface area contributed by atoms with Gasteiger partial charge in [0.05, 0.1) is 13.7 Å². The molecule has 0 fully saturated rings. The summed E-state index contributed by atoms with van der Waals surface area (Å²) in [6.07, 6.45) is -7.21. The summed E-state index contributed by atoms with van der Waals surface area (Å²) < 4.78 is 54.7. The number of hydrogen-bond donors (Lipinski definition) is 0. The molecule has 0 saturated carbocycles. The van der Waals surface area contributed by atoms with Crippen molar-refractivity contribution in [3.63, 3.8) is 0 Å². The summed E-state index contributed by atoms with van der Waals surface area (Å²) in [7, 11) is 0.882. The van der Waals surface area contributed by atoms with Crippen molar-refractivity contribution in [2.24, 2.45) is 0 Å². The lowest BCUT2D eigenvalue weighted by molar-refractivity contribution is -0.238. The summed E-state index contributed by atoms with van der Waals surface area (Å²) in [5, 5.41) is 0. The van der Waals surface area contributed by atoms with Crippen LogP contribution in [0.25, 0.3) is 22.3 Å². The van der Waals surface area contributed by atoms with Crippen LogP contribution >= 0.6 is 0 Å². The Morgan fingerprint density at radius 3 is 1.80 bits per heavy atom. The van der Waals surface area contributed by atoms with Crippen molar-refractivity contribution < 1.29 is 32.2 Å². The standard InChI is InChI=1S/C32H26F3NO4/c1-39-29(37)31(32(33,34)35)19-25-17-27(23-13-7-3-8-14-23)28(24-15-9-4-10-16-24)18-26(25)20-36(31)30(38)40-21-22-11-5-2-6-12-22/h2-18H,19-21H2,1H3. The van der Waals surface area contributed by atoms with Gasteiger partial charge in [0.2, 0.25) is 5.54 Å². The van der Waals surface area contributed by atoms with E-state index in [4.69, 9.17) is 4.74 Å². The van der Waals surface area contributed by atoms with Gasteiger partial charge in [0.25, 0.3) is 0 Å². The summed E-state index contributed by atoms with van der Waals surface area (Å²) in [4.78, 5) is 26.7. The van der Waals surface area contributed by atoms with Gasteiger partial charge < -0.3 is 9.47 Å². The number of carbonyl (C=O) groups excluding carboxylic acids is 2. The van der Waals surface area contributed by atoms with Crippen molar-refractivity contribution in [3.8, 4) is 22.3 Å². The Morgan fingerprint density at radius 1 is 0.800 bits per heavy atom. The van der Waals surface area contributed by atoms with Crippen molar-refractivity contribution in [1.29, 1.82) is 0 Å². The van der Waals surface area contributed by atoms with Crippen molar-refractivity contribution >= 4 is 12.1 Å². The zero-order chi connectivity index (χ0) is 28.3. The minimum Gasteiger partial charge on any atom is -0.467 e. The molecule has 0 aromatic heterocycles. The molecule has 40 heavy (non-hydrogen) atoms. The molecule has 1 aliphatic rings. The number of amides is 1. The molecule has 1 heterocycles. The smallest absolute Gasteiger partial charge is 0.423 e. The maximum atomic E-state index is 14.9. The largest absolute Gasteiger partial charge is 0.467 e. The van der Waals surface area contributed by atoms with Gasteiger partial charge in [-0.1, -0.05) is 97.1 Å². The summed E-state index contributed by atoms with van der Waals surface area (Å²) in [6, 6.07) is 30.8. The number of nitrogens with zero attached hydrogens (tertiary/aromatic N) is 1. The SMILES string of the molecule is COC(=O)C1(C(F)(F)F)Cc2cc(-c3ccccc3)c(-c3ccccc3)cc2CN1C(=O)OCc1ccccc1. The van der Waals surface area contributed by atoms with Gasteiger partial charge in [-0.25, -0.2) is 9.59 Å². The van der Waals surface area contributed by atoms with Crippen LogP contribution in [0.15, 0.2) is 103 Å². The third-order valence-corrected chi connectivity index (χ3v) is 7.16. The fraction of sp³-hybridized carbons (Fsp3) is 0.188. The van der Waals surface area contributed by atoms with E-state index in [9.17, 15) is 22.8 Å². The minimum absolute atomic E-state index is 0.250. The zero-order valence-electron chi connectivity index (χ0n) is 21.7. The summed E-state index contributed by atoms with van der Waals surface area (Å²) >= 11 is 0. The Morgan fingerprint density at radius 2 is 1.30 bits per heavy atom. The van der Waals surface area contributed by atoms with Gasteiger partial charge >= 0.3 is 18.2 Å². The van der Waals surface area contributed by atoms with E-state index in [2.05, 4.69) is 4.74 Å². The molecule has 5 nitrogen and oxygen atoms in total. The van der Waals surface area contributed by atoms with E-state index in [1.807, 2.05) is 60.7 Å². The lowest BCUT2D eigenvalue weighted by atomic mass is 9.79. The first-order chi connectivity index (χ1) is 19.2. The average molecular weight is 546 g/mol. The van der Waals surface area contributed by atoms with E-state index in [0.29, 0.717) is 27.2 Å². The van der Waals surface area contributed by atoms with E-state index < -0.39 is 36.7 Å². The lowest BCUT2D eigenvalue weighted by Gasteiger charge is -2.45. The monoisotopic (exact) mass is 545 g/mol. The quantitative estimate of drug-likeness (QED) is 0.249. The molecule has 1 amide bonds. The second kappa shape index (κ2) is 10.9. The Bertz CT molecular complexity index is 1510. The van der Waals surface area contributed by atoms with Gasteiger partial charge in [0.1, 0.15) is 6.61 Å². The van der Waals surface area contributed by atoms with Crippen molar-refractivity contribution in [1.82, 2.24) is 4.90 Å². The van der Waals surface area contributed by atoms with E-state index in [1.165, 1.54) is 0 Å². The number of halogens is 3. The van der Waals surface area contributed by atoms with Crippen LogP contribution in [0.2, 0.25) is 0 Å². The maximum absolute atomic E-state index is 14.9. The minimum atomic E-state index is -5.14. The number of methoxy groups -OCH3 is 1. The first-order valence-electron chi connectivity index (χ1n) is 12.6. The first kappa shape index (κ1) is 27.0. The predicted molar refractivity (Wildman–Crippen MR) is 144 cm³/mol. The van der Waals surface area contributed by atoms with E-state index >= 15 is 0 Å². The highest BCUT2D eigenvalue weighted by Crippen LogP contribution is 2.46. The van der Waals surface area contributed by atoms with Gasteiger partial charge in [-0.3, -0.25) is 4.90 Å². The molecule has 0 N–H and O–H groups in total. The number of esters is 1. The molecule has 0 radical (unpaired) electrons. The third-order valence-electron chi connectivity index (χ3n) is 7.16. The molecule has 4 aromatic rings. The fourth-order valence-corrected chi connectivity index (χ4v) is 5.13. The highest BCUT2D eigenvalue weighted by Gasteiger charge is 2.68. The van der Waals surface area contributed by atoms with Gasteiger partial charge in [-0.15, -0.1) is 0 Å². The van der Waals surface area contributed by atoms with Gasteiger partial charge in [-0.2, -0.15) is 13.2 Å². The van der Waals surface area contributed by atoms with Crippen LogP contribution in [-0.2, 0) is 33.8 Å². The molecule has 0 saturated heterocycles. The predicted octanol–water partition coefficient (Wildman–Crippen LogP) is 7.19. The molecule has 0 spiro atoms. The second-order valence-electron chi connectivity index (χ2n) is 9.55. The normalized spacial score (nSPS) is 16.6. The Labute approximate surface area is 229 Å². The van der Waals surface area contributed by atoms with Crippen molar-refractivity contribution in [2.75, 3.05) is 7.11 Å². The molecule has 5 rings (SSSR count). The number of alkyl halides is 3. The van der Waals surface area contributed by atoms with Crippen molar-refractivity contribution in [2.45, 2.75) is 31.3 Å². The Balaban J connectivity index is 1.65. The molecule has 4 aromatic carbocycles. The van der Waals surface area contributed by atoms with E-state index in [0.717, 1.165) is 23.8 Å². The molecule has 204 valence electrons. The molecule has 0 aliphatic carbocycles. The van der Waals surface area contributed by atoms with Gasteiger partial charge in [0, 0.05) is 6.42 Å². The first-order valence-corrected chi connectivity index (χ1v) is 12.6. The van der Waals surface area contributed by atoms with Gasteiger partial charge in [-0.05, 0) is 45.0 Å². The number of fused-ring (bicyclic) bond motifs is 1. The number of hydrogen-bond acceptors (Lipinski definition) is 4. The van der Waals surface area contributed by atoms with Crippen LogP contribution in [0.5, 0.6) is 0 Å². The Kier molecular flexibility index (Phi) is 7.34. The number of carbonyl (C=O) groups is 2. The highest BCUT2D eigenvalue weighted by atomic mass is 19.4. The highest BCUT2D eigenvalue weighted by molar-refractivity contribution is 5.90. The average Bonchev–Trinajstić information content (AvgIpc) is 2.98. The molecular formula is C32H26F3NO4. The number of ether oxygens (including phenoxy) is 2. The molecule has 1 aliphatic heterocycles. The lowest BCUT2D eigenvalue weighted by Crippen LogP contribution is -2.68. The summed E-state index contributed by atoms with van der Waals surface area (Å²) in [6.45, 7) is -0.743. The van der Waals surface area contributed by atoms with Crippen LogP contribution in [0, 0.1) is 0 Å². The van der Waals surface area contributed by atoms with Crippen LogP contribution in [0.3, 0.4) is 0 Å². The van der Waals surface area contributed by atoms with Gasteiger partial charge in [0.15, 0.2) is 0 Å². The van der Waals surface area contributed by atoms with Crippen LogP contribution in [0.4, 0.5) is 18.0 Å². The van der Waals surface area contributed by atoms with Crippen LogP contribution < -0.4 is 0 Å². The molecule has 1 unspecified atom stereocenters. The molecule has 0 bridgehead atoms. The molecule has 1 atom stereocenters. The maximum Gasteiger partial charge on any atom is 0.423 e. The number of rotatable bonds is 5. The molecular weight excluding hydrogens is 519 g/mol. The van der Waals surface area contributed by atoms with Crippen LogP contribution in [-0.4, -0.2) is 35.8 Å². The topological polar surface area (TPSA) is 55.8 Å². The van der Waals surface area contributed by atoms with Crippen LogP contribution in [0.1, 0.15) is 16.7 Å². The third kappa shape index (κ3) is 4.93. The fourth-order valence-electron chi connectivity index (χ4n) is 5.13. The summed E-state index contributed by atoms with van der Waals surface area (Å²) in [5.41, 5.74) is 1.31. The number of benzene rings is 4. The van der Waals surface area contributed by atoms with E-state index in [-0.39, 0.29) is 6.61 Å². The second-order valence-corrected chi connectivity index (χ2v) is 9.55. The zero-order valence-corrected chi connectivity index (χ0v) is 21.7. The molecule has 8 heteroatoms. The summed E-state index contributed by atoms with van der Waals surface area (Å²) in [5.74, 6) is -1.57. The van der Waals surface area contributed by atoms with Crippen molar-refractivity contribution in [3.05, 3.63) is 120 Å².